The van der Waals surface area contributed by atoms with Crippen LogP contribution in [0.4, 0.5) is 24.8 Å². The first-order valence-electron chi connectivity index (χ1n) is 7.33. The van der Waals surface area contributed by atoms with Gasteiger partial charge in [-0.2, -0.15) is 13.2 Å². The van der Waals surface area contributed by atoms with Gasteiger partial charge in [0, 0.05) is 19.6 Å². The van der Waals surface area contributed by atoms with Crippen molar-refractivity contribution in [1.82, 2.24) is 4.98 Å². The number of nitrogens with zero attached hydrogens (tertiary/aromatic N) is 2. The van der Waals surface area contributed by atoms with Crippen molar-refractivity contribution in [3.05, 3.63) is 17.7 Å². The Bertz CT molecular complexity index is 444. The topological polar surface area (TPSA) is 28.2 Å². The molecule has 1 heterocycles. The van der Waals surface area contributed by atoms with Crippen LogP contribution >= 0.6 is 0 Å². The van der Waals surface area contributed by atoms with Crippen molar-refractivity contribution < 1.29 is 13.2 Å². The normalized spacial score (nSPS) is 11.8. The third-order valence-electron chi connectivity index (χ3n) is 3.32. The third kappa shape index (κ3) is 5.10. The third-order valence-corrected chi connectivity index (χ3v) is 3.32. The number of hydrogen-bond acceptors (Lipinski definition) is 3. The SMILES string of the molecule is CCCCCN(c1cc(C(F)(F)F)cc(NC)n1)C(C)C. The summed E-state index contributed by atoms with van der Waals surface area (Å²) in [6.45, 7) is 6.74. The Hall–Kier alpha value is -1.46. The van der Waals surface area contributed by atoms with E-state index in [0.717, 1.165) is 31.4 Å². The first kappa shape index (κ1) is 17.6. The average Bonchev–Trinajstić information content (AvgIpc) is 2.41. The molecule has 1 N–H and O–H groups in total. The predicted octanol–water partition coefficient (Wildman–Crippen LogP) is 4.55. The second-order valence-electron chi connectivity index (χ2n) is 5.34. The molecule has 0 aliphatic heterocycles. The summed E-state index contributed by atoms with van der Waals surface area (Å²) in [6.07, 6.45) is -1.29. The number of pyridine rings is 1. The monoisotopic (exact) mass is 303 g/mol. The minimum atomic E-state index is -4.37. The van der Waals surface area contributed by atoms with Crippen LogP contribution in [0.25, 0.3) is 0 Å². The number of rotatable bonds is 7. The van der Waals surface area contributed by atoms with Gasteiger partial charge >= 0.3 is 6.18 Å². The lowest BCUT2D eigenvalue weighted by Crippen LogP contribution is -2.33. The fourth-order valence-corrected chi connectivity index (χ4v) is 2.12. The highest BCUT2D eigenvalue weighted by Crippen LogP contribution is 2.33. The van der Waals surface area contributed by atoms with Gasteiger partial charge in [-0.3, -0.25) is 0 Å². The fraction of sp³-hybridized carbons (Fsp3) is 0.667. The van der Waals surface area contributed by atoms with E-state index in [-0.39, 0.29) is 11.9 Å². The Balaban J connectivity index is 3.11. The molecule has 1 rings (SSSR count). The molecule has 120 valence electrons. The summed E-state index contributed by atoms with van der Waals surface area (Å²) in [5, 5.41) is 2.70. The second-order valence-corrected chi connectivity index (χ2v) is 5.34. The Morgan fingerprint density at radius 1 is 1.24 bits per heavy atom. The van der Waals surface area contributed by atoms with Gasteiger partial charge in [0.25, 0.3) is 0 Å². The maximum Gasteiger partial charge on any atom is 0.416 e. The minimum absolute atomic E-state index is 0.0996. The first-order valence-corrected chi connectivity index (χ1v) is 7.33. The molecule has 0 atom stereocenters. The molecule has 0 fully saturated rings. The van der Waals surface area contributed by atoms with Gasteiger partial charge in [-0.25, -0.2) is 4.98 Å². The maximum atomic E-state index is 13.0. The molecule has 0 aliphatic rings. The van der Waals surface area contributed by atoms with E-state index in [9.17, 15) is 13.2 Å². The van der Waals surface area contributed by atoms with Gasteiger partial charge in [0.2, 0.25) is 0 Å². The van der Waals surface area contributed by atoms with Gasteiger partial charge in [0.1, 0.15) is 11.6 Å². The number of hydrogen-bond donors (Lipinski definition) is 1. The fourth-order valence-electron chi connectivity index (χ4n) is 2.12. The van der Waals surface area contributed by atoms with Crippen LogP contribution in [0.5, 0.6) is 0 Å². The van der Waals surface area contributed by atoms with Crippen LogP contribution in [-0.4, -0.2) is 24.6 Å². The average molecular weight is 303 g/mol. The van der Waals surface area contributed by atoms with Gasteiger partial charge in [0.15, 0.2) is 0 Å². The summed E-state index contributed by atoms with van der Waals surface area (Å²) in [6, 6.07) is 2.27. The molecule has 0 aliphatic carbocycles. The van der Waals surface area contributed by atoms with Gasteiger partial charge in [-0.1, -0.05) is 19.8 Å². The number of aromatic nitrogens is 1. The van der Waals surface area contributed by atoms with Crippen molar-refractivity contribution in [3.8, 4) is 0 Å². The Morgan fingerprint density at radius 2 is 1.90 bits per heavy atom. The number of nitrogens with one attached hydrogen (secondary N) is 1. The first-order chi connectivity index (χ1) is 9.79. The molecule has 0 aromatic carbocycles. The highest BCUT2D eigenvalue weighted by atomic mass is 19.4. The van der Waals surface area contributed by atoms with Gasteiger partial charge in [0.05, 0.1) is 5.56 Å². The molecule has 3 nitrogen and oxygen atoms in total. The summed E-state index contributed by atoms with van der Waals surface area (Å²) in [5.41, 5.74) is -0.669. The summed E-state index contributed by atoms with van der Waals surface area (Å²) in [4.78, 5) is 6.20. The van der Waals surface area contributed by atoms with Crippen molar-refractivity contribution in [3.63, 3.8) is 0 Å². The highest BCUT2D eigenvalue weighted by Gasteiger charge is 2.32. The zero-order chi connectivity index (χ0) is 16.0. The molecule has 0 bridgehead atoms. The number of anilines is 2. The van der Waals surface area contributed by atoms with E-state index < -0.39 is 11.7 Å². The molecule has 1 aromatic heterocycles. The molecule has 21 heavy (non-hydrogen) atoms. The van der Waals surface area contributed by atoms with E-state index in [1.807, 2.05) is 18.7 Å². The zero-order valence-electron chi connectivity index (χ0n) is 13.1. The molecule has 0 unspecified atom stereocenters. The van der Waals surface area contributed by atoms with Crippen LogP contribution in [0.15, 0.2) is 12.1 Å². The summed E-state index contributed by atoms with van der Waals surface area (Å²) >= 11 is 0. The molecule has 6 heteroatoms. The second kappa shape index (κ2) is 7.52. The molecular formula is C15H24F3N3. The summed E-state index contributed by atoms with van der Waals surface area (Å²) in [5.74, 6) is 0.612. The molecule has 1 aromatic rings. The van der Waals surface area contributed by atoms with E-state index in [2.05, 4.69) is 17.2 Å². The van der Waals surface area contributed by atoms with Crippen molar-refractivity contribution >= 4 is 11.6 Å². The van der Waals surface area contributed by atoms with Crippen LogP contribution in [0.2, 0.25) is 0 Å². The van der Waals surface area contributed by atoms with Crippen LogP contribution in [0, 0.1) is 0 Å². The number of halogens is 3. The minimum Gasteiger partial charge on any atom is -0.373 e. The van der Waals surface area contributed by atoms with Crippen molar-refractivity contribution in [2.24, 2.45) is 0 Å². The van der Waals surface area contributed by atoms with Gasteiger partial charge in [-0.05, 0) is 32.4 Å². The van der Waals surface area contributed by atoms with E-state index in [1.54, 1.807) is 7.05 Å². The lowest BCUT2D eigenvalue weighted by atomic mass is 10.2. The van der Waals surface area contributed by atoms with Crippen molar-refractivity contribution in [2.75, 3.05) is 23.8 Å². The van der Waals surface area contributed by atoms with E-state index in [1.165, 1.54) is 0 Å². The van der Waals surface area contributed by atoms with Gasteiger partial charge < -0.3 is 10.2 Å². The molecular weight excluding hydrogens is 279 g/mol. The Morgan fingerprint density at radius 3 is 2.38 bits per heavy atom. The smallest absolute Gasteiger partial charge is 0.373 e. The molecule has 0 amide bonds. The standard InChI is InChI=1S/C15H24F3N3/c1-5-6-7-8-21(11(2)3)14-10-12(15(16,17)18)9-13(19-4)20-14/h9-11H,5-8H2,1-4H3,(H,19,20). The van der Waals surface area contributed by atoms with Crippen molar-refractivity contribution in [1.29, 1.82) is 0 Å². The summed E-state index contributed by atoms with van der Waals surface area (Å²) < 4.78 is 38.9. The number of unbranched alkanes of at least 4 members (excludes halogenated alkanes) is 2. The van der Waals surface area contributed by atoms with Crippen LogP contribution < -0.4 is 10.2 Å². The highest BCUT2D eigenvalue weighted by molar-refractivity contribution is 5.51. The van der Waals surface area contributed by atoms with Crippen LogP contribution in [0.3, 0.4) is 0 Å². The molecule has 0 saturated heterocycles. The maximum absolute atomic E-state index is 13.0. The molecule has 0 saturated carbocycles. The van der Waals surface area contributed by atoms with Crippen LogP contribution in [0.1, 0.15) is 45.6 Å². The molecule has 0 radical (unpaired) electrons. The predicted molar refractivity (Wildman–Crippen MR) is 80.8 cm³/mol. The van der Waals surface area contributed by atoms with E-state index in [0.29, 0.717) is 12.4 Å². The molecule has 0 spiro atoms. The van der Waals surface area contributed by atoms with Crippen LogP contribution in [-0.2, 0) is 6.18 Å². The Labute approximate surface area is 124 Å². The van der Waals surface area contributed by atoms with Gasteiger partial charge in [-0.15, -0.1) is 0 Å². The van der Waals surface area contributed by atoms with Crippen molar-refractivity contribution in [2.45, 2.75) is 52.3 Å². The number of alkyl halides is 3. The van der Waals surface area contributed by atoms with E-state index >= 15 is 0 Å². The quantitative estimate of drug-likeness (QED) is 0.749. The van der Waals surface area contributed by atoms with E-state index in [4.69, 9.17) is 0 Å². The summed E-state index contributed by atoms with van der Waals surface area (Å²) in [7, 11) is 1.57. The lowest BCUT2D eigenvalue weighted by molar-refractivity contribution is -0.137. The zero-order valence-corrected chi connectivity index (χ0v) is 13.1. The largest absolute Gasteiger partial charge is 0.416 e. The lowest BCUT2D eigenvalue weighted by Gasteiger charge is -2.29. The Kier molecular flexibility index (Phi) is 6.30.